The third-order valence-corrected chi connectivity index (χ3v) is 9.04. The van der Waals surface area contributed by atoms with Gasteiger partial charge >= 0.3 is 0 Å². The van der Waals surface area contributed by atoms with Crippen LogP contribution in [0.25, 0.3) is 88.0 Å². The molecule has 9 rings (SSSR count). The van der Waals surface area contributed by atoms with Gasteiger partial charge in [0.05, 0.1) is 0 Å². The van der Waals surface area contributed by atoms with Crippen molar-refractivity contribution in [2.75, 3.05) is 0 Å². The van der Waals surface area contributed by atoms with Gasteiger partial charge in [-0.2, -0.15) is 0 Å². The first-order valence-corrected chi connectivity index (χ1v) is 15.4. The maximum atomic E-state index is 6.58. The van der Waals surface area contributed by atoms with Gasteiger partial charge in [-0.15, -0.1) is 0 Å². The molecule has 0 saturated heterocycles. The summed E-state index contributed by atoms with van der Waals surface area (Å²) < 4.78 is 6.58. The van der Waals surface area contributed by atoms with Gasteiger partial charge in [-0.3, -0.25) is 0 Å². The minimum Gasteiger partial charge on any atom is -0.455 e. The van der Waals surface area contributed by atoms with Crippen molar-refractivity contribution < 1.29 is 4.42 Å². The van der Waals surface area contributed by atoms with Crippen LogP contribution in [-0.2, 0) is 0 Å². The maximum absolute atomic E-state index is 6.58. The van der Waals surface area contributed by atoms with E-state index in [1.165, 1.54) is 60.5 Å². The molecular weight excluding hydrogens is 544 g/mol. The quantitative estimate of drug-likeness (QED) is 0.191. The van der Waals surface area contributed by atoms with Crippen LogP contribution in [0.5, 0.6) is 0 Å². The smallest absolute Gasteiger partial charge is 0.143 e. The van der Waals surface area contributed by atoms with Gasteiger partial charge in [-0.05, 0) is 79.2 Å². The van der Waals surface area contributed by atoms with Gasteiger partial charge in [0.2, 0.25) is 0 Å². The number of benzene rings is 8. The zero-order valence-electron chi connectivity index (χ0n) is 24.6. The van der Waals surface area contributed by atoms with Crippen LogP contribution in [-0.4, -0.2) is 0 Å². The molecule has 8 aromatic carbocycles. The van der Waals surface area contributed by atoms with E-state index in [0.717, 1.165) is 27.5 Å². The summed E-state index contributed by atoms with van der Waals surface area (Å²) in [6, 6.07) is 61.0. The molecule has 0 bridgehead atoms. The highest BCUT2D eigenvalue weighted by Gasteiger charge is 2.20. The molecule has 0 aliphatic carbocycles. The molecule has 1 heterocycles. The van der Waals surface area contributed by atoms with Crippen LogP contribution in [0.15, 0.2) is 174 Å². The van der Waals surface area contributed by atoms with Crippen molar-refractivity contribution in [3.05, 3.63) is 170 Å². The largest absolute Gasteiger partial charge is 0.455 e. The van der Waals surface area contributed by atoms with Gasteiger partial charge in [0, 0.05) is 21.9 Å². The van der Waals surface area contributed by atoms with Crippen molar-refractivity contribution in [1.29, 1.82) is 0 Å². The van der Waals surface area contributed by atoms with Gasteiger partial charge in [0.1, 0.15) is 11.2 Å². The summed E-state index contributed by atoms with van der Waals surface area (Å²) in [5.74, 6) is 0. The molecule has 1 heteroatoms. The van der Waals surface area contributed by atoms with E-state index in [2.05, 4.69) is 164 Å². The molecule has 0 radical (unpaired) electrons. The molecule has 0 fully saturated rings. The van der Waals surface area contributed by atoms with E-state index in [4.69, 9.17) is 4.42 Å². The van der Waals surface area contributed by atoms with E-state index in [1.807, 2.05) is 6.07 Å². The molecule has 0 aliphatic rings. The zero-order valence-corrected chi connectivity index (χ0v) is 24.6. The van der Waals surface area contributed by atoms with Crippen molar-refractivity contribution in [2.24, 2.45) is 0 Å². The van der Waals surface area contributed by atoms with E-state index in [0.29, 0.717) is 0 Å². The van der Waals surface area contributed by atoms with E-state index < -0.39 is 0 Å². The fourth-order valence-corrected chi connectivity index (χ4v) is 7.04. The molecule has 1 nitrogen and oxygen atoms in total. The summed E-state index contributed by atoms with van der Waals surface area (Å²) in [4.78, 5) is 0. The molecular formula is C44H28O. The van der Waals surface area contributed by atoms with Crippen LogP contribution in [0, 0.1) is 0 Å². The Morgan fingerprint density at radius 1 is 0.289 bits per heavy atom. The third-order valence-electron chi connectivity index (χ3n) is 9.04. The van der Waals surface area contributed by atoms with Gasteiger partial charge in [0.15, 0.2) is 0 Å². The normalized spacial score (nSPS) is 11.6. The Morgan fingerprint density at radius 2 is 0.733 bits per heavy atom. The summed E-state index contributed by atoms with van der Waals surface area (Å²) in [5.41, 5.74) is 11.4. The Labute approximate surface area is 261 Å². The number of fused-ring (bicyclic) bond motifs is 5. The predicted molar refractivity (Wildman–Crippen MR) is 190 cm³/mol. The monoisotopic (exact) mass is 572 g/mol. The first-order chi connectivity index (χ1) is 22.3. The minimum atomic E-state index is 0.913. The van der Waals surface area contributed by atoms with Crippen molar-refractivity contribution in [3.63, 3.8) is 0 Å². The number of hydrogen-bond acceptors (Lipinski definition) is 1. The van der Waals surface area contributed by atoms with Crippen LogP contribution in [0.1, 0.15) is 0 Å². The molecule has 0 saturated carbocycles. The predicted octanol–water partition coefficient (Wildman–Crippen LogP) is 12.6. The second-order valence-corrected chi connectivity index (χ2v) is 11.7. The van der Waals surface area contributed by atoms with Crippen molar-refractivity contribution in [3.8, 4) is 44.5 Å². The molecule has 210 valence electrons. The molecule has 0 atom stereocenters. The Morgan fingerprint density at radius 3 is 1.31 bits per heavy atom. The van der Waals surface area contributed by atoms with E-state index in [-0.39, 0.29) is 0 Å². The minimum absolute atomic E-state index is 0.913. The third kappa shape index (κ3) is 4.17. The van der Waals surface area contributed by atoms with Crippen LogP contribution in [0.4, 0.5) is 0 Å². The zero-order chi connectivity index (χ0) is 29.7. The van der Waals surface area contributed by atoms with Gasteiger partial charge in [-0.25, -0.2) is 0 Å². The van der Waals surface area contributed by atoms with E-state index >= 15 is 0 Å². The van der Waals surface area contributed by atoms with Crippen LogP contribution < -0.4 is 0 Å². The standard InChI is InChI=1S/C44H28O/c1-3-14-29(15-4-1)31-26-32(30-16-5-2-6-17-30)28-33(27-31)42-35-19-7-9-21-37(35)43(38-22-10-8-20-36(38)42)40-24-13-23-39-34-18-11-12-25-41(34)45-44(39)40/h1-28H. The lowest BCUT2D eigenvalue weighted by molar-refractivity contribution is 0.670. The van der Waals surface area contributed by atoms with Crippen molar-refractivity contribution in [1.82, 2.24) is 0 Å². The van der Waals surface area contributed by atoms with Crippen molar-refractivity contribution >= 4 is 43.5 Å². The fourth-order valence-electron chi connectivity index (χ4n) is 7.04. The van der Waals surface area contributed by atoms with Crippen LogP contribution in [0.2, 0.25) is 0 Å². The van der Waals surface area contributed by atoms with Crippen LogP contribution >= 0.6 is 0 Å². The summed E-state index contributed by atoms with van der Waals surface area (Å²) in [7, 11) is 0. The molecule has 0 N–H and O–H groups in total. The summed E-state index contributed by atoms with van der Waals surface area (Å²) in [6.45, 7) is 0. The fraction of sp³-hybridized carbons (Fsp3) is 0. The number of rotatable bonds is 4. The lowest BCUT2D eigenvalue weighted by Crippen LogP contribution is -1.92. The summed E-state index contributed by atoms with van der Waals surface area (Å²) in [5, 5.41) is 7.16. The van der Waals surface area contributed by atoms with Crippen molar-refractivity contribution in [2.45, 2.75) is 0 Å². The first-order valence-electron chi connectivity index (χ1n) is 15.4. The molecule has 45 heavy (non-hydrogen) atoms. The lowest BCUT2D eigenvalue weighted by Gasteiger charge is -2.19. The van der Waals surface area contributed by atoms with E-state index in [1.54, 1.807) is 0 Å². The molecule has 0 amide bonds. The van der Waals surface area contributed by atoms with Crippen LogP contribution in [0.3, 0.4) is 0 Å². The Balaban J connectivity index is 1.39. The van der Waals surface area contributed by atoms with Gasteiger partial charge in [0.25, 0.3) is 0 Å². The Bertz CT molecular complexity index is 2410. The Kier molecular flexibility index (Phi) is 5.89. The number of furan rings is 1. The molecule has 0 aliphatic heterocycles. The average molecular weight is 573 g/mol. The molecule has 0 spiro atoms. The highest BCUT2D eigenvalue weighted by Crippen LogP contribution is 2.47. The topological polar surface area (TPSA) is 13.1 Å². The highest BCUT2D eigenvalue weighted by atomic mass is 16.3. The summed E-state index contributed by atoms with van der Waals surface area (Å²) in [6.07, 6.45) is 0. The maximum Gasteiger partial charge on any atom is 0.143 e. The van der Waals surface area contributed by atoms with Gasteiger partial charge < -0.3 is 4.42 Å². The van der Waals surface area contributed by atoms with E-state index in [9.17, 15) is 0 Å². The molecule has 9 aromatic rings. The average Bonchev–Trinajstić information content (AvgIpc) is 3.50. The lowest BCUT2D eigenvalue weighted by atomic mass is 9.84. The number of para-hydroxylation sites is 2. The number of hydrogen-bond donors (Lipinski definition) is 0. The highest BCUT2D eigenvalue weighted by molar-refractivity contribution is 6.24. The SMILES string of the molecule is c1ccc(-c2cc(-c3ccccc3)cc(-c3c4ccccc4c(-c4cccc5c4oc4ccccc45)c4ccccc34)c2)cc1. The summed E-state index contributed by atoms with van der Waals surface area (Å²) >= 11 is 0. The van der Waals surface area contributed by atoms with Gasteiger partial charge in [-0.1, -0.05) is 146 Å². The second-order valence-electron chi connectivity index (χ2n) is 11.7. The Hall–Kier alpha value is -5.92. The molecule has 0 unspecified atom stereocenters. The first kappa shape index (κ1) is 25.6. The molecule has 1 aromatic heterocycles. The second kappa shape index (κ2) is 10.4.